The summed E-state index contributed by atoms with van der Waals surface area (Å²) in [5, 5.41) is 0. The Labute approximate surface area is 258 Å². The van der Waals surface area contributed by atoms with E-state index in [4.69, 9.17) is 5.73 Å². The molecule has 0 saturated carbocycles. The topological polar surface area (TPSA) is 43.1 Å². The summed E-state index contributed by atoms with van der Waals surface area (Å²) in [4.78, 5) is 11.5. The lowest BCUT2D eigenvalue weighted by molar-refractivity contribution is -0.119. The summed E-state index contributed by atoms with van der Waals surface area (Å²) in [6.45, 7) is 4.36. The maximum atomic E-state index is 11.5. The highest BCUT2D eigenvalue weighted by Crippen LogP contribution is 2.14. The van der Waals surface area contributed by atoms with Crippen molar-refractivity contribution in [1.82, 2.24) is 0 Å². The number of allylic oxidation sites excluding steroid dienone is 6. The van der Waals surface area contributed by atoms with Crippen LogP contribution in [0.4, 0.5) is 0 Å². The van der Waals surface area contributed by atoms with Gasteiger partial charge in [0.05, 0.1) is 0 Å². The van der Waals surface area contributed by atoms with E-state index in [1.54, 1.807) is 0 Å². The third-order valence-corrected chi connectivity index (χ3v) is 8.24. The maximum absolute atomic E-state index is 11.5. The van der Waals surface area contributed by atoms with Gasteiger partial charge in [0.1, 0.15) is 5.78 Å². The van der Waals surface area contributed by atoms with Crippen LogP contribution in [0.15, 0.2) is 36.5 Å². The smallest absolute Gasteiger partial charge is 0.132 e. The maximum Gasteiger partial charge on any atom is 0.132 e. The Balaban J connectivity index is 3.30. The summed E-state index contributed by atoms with van der Waals surface area (Å²) in [7, 11) is 0. The first kappa shape index (κ1) is 39.8. The Morgan fingerprint density at radius 1 is 0.463 bits per heavy atom. The molecule has 1 atom stereocenters. The van der Waals surface area contributed by atoms with Crippen LogP contribution in [-0.4, -0.2) is 11.8 Å². The van der Waals surface area contributed by atoms with Gasteiger partial charge < -0.3 is 5.73 Å². The van der Waals surface area contributed by atoms with Gasteiger partial charge in [0, 0.05) is 18.9 Å². The van der Waals surface area contributed by atoms with Crippen LogP contribution in [0.25, 0.3) is 0 Å². The molecule has 0 rings (SSSR count). The first-order chi connectivity index (χ1) is 20.2. The van der Waals surface area contributed by atoms with E-state index in [1.807, 2.05) is 0 Å². The second kappa shape index (κ2) is 35.0. The Morgan fingerprint density at radius 2 is 0.854 bits per heavy atom. The molecule has 2 N–H and O–H groups in total. The van der Waals surface area contributed by atoms with Crippen LogP contribution in [0, 0.1) is 0 Å². The molecule has 0 spiro atoms. The molecule has 0 aliphatic carbocycles. The second-order valence-electron chi connectivity index (χ2n) is 12.5. The molecule has 2 heteroatoms. The van der Waals surface area contributed by atoms with Crippen LogP contribution in [0.5, 0.6) is 0 Å². The quantitative estimate of drug-likeness (QED) is 0.0628. The number of carbonyl (C=O) groups excluding carboxylic acids is 1. The standard InChI is InChI=1S/C39H73NO/c1-3-5-6-7-8-9-10-11-16-19-22-25-28-31-35-38(40)36-32-29-26-23-20-17-14-12-13-15-18-21-24-27-30-33-37-39(41)34-4-2/h9-10,12-13,18,21,38H,3-8,11,14-17,19-20,22-37,40H2,1-2H3/b10-9-,13-12-,21-18-. The average molecular weight is 572 g/mol. The lowest BCUT2D eigenvalue weighted by Gasteiger charge is -2.11. The molecule has 0 radical (unpaired) electrons. The molecule has 1 unspecified atom stereocenters. The molecule has 0 bridgehead atoms. The Morgan fingerprint density at radius 3 is 1.32 bits per heavy atom. The van der Waals surface area contributed by atoms with E-state index >= 15 is 0 Å². The summed E-state index contributed by atoms with van der Waals surface area (Å²) in [5.41, 5.74) is 6.38. The lowest BCUT2D eigenvalue weighted by Crippen LogP contribution is -2.19. The van der Waals surface area contributed by atoms with Gasteiger partial charge in [-0.2, -0.15) is 0 Å². The summed E-state index contributed by atoms with van der Waals surface area (Å²) in [5.74, 6) is 0.442. The van der Waals surface area contributed by atoms with Crippen molar-refractivity contribution in [3.8, 4) is 0 Å². The van der Waals surface area contributed by atoms with E-state index in [1.165, 1.54) is 148 Å². The average Bonchev–Trinajstić information content (AvgIpc) is 2.96. The first-order valence-electron chi connectivity index (χ1n) is 18.4. The fraction of sp³-hybridized carbons (Fsp3) is 0.821. The van der Waals surface area contributed by atoms with Crippen molar-refractivity contribution in [2.45, 2.75) is 206 Å². The fourth-order valence-corrected chi connectivity index (χ4v) is 5.49. The second-order valence-corrected chi connectivity index (χ2v) is 12.5. The molecule has 0 aromatic heterocycles. The highest BCUT2D eigenvalue weighted by molar-refractivity contribution is 5.78. The van der Waals surface area contributed by atoms with Crippen molar-refractivity contribution in [3.05, 3.63) is 36.5 Å². The fourth-order valence-electron chi connectivity index (χ4n) is 5.49. The van der Waals surface area contributed by atoms with Gasteiger partial charge in [0.2, 0.25) is 0 Å². The zero-order chi connectivity index (χ0) is 29.9. The van der Waals surface area contributed by atoms with E-state index < -0.39 is 0 Å². The predicted molar refractivity (Wildman–Crippen MR) is 186 cm³/mol. The lowest BCUT2D eigenvalue weighted by atomic mass is 10.0. The van der Waals surface area contributed by atoms with E-state index in [0.717, 1.165) is 38.5 Å². The molecule has 0 aliphatic heterocycles. The molecule has 41 heavy (non-hydrogen) atoms. The van der Waals surface area contributed by atoms with E-state index in [0.29, 0.717) is 11.8 Å². The number of Topliss-reactive ketones (excluding diaryl/α,β-unsaturated/α-hetero) is 1. The summed E-state index contributed by atoms with van der Waals surface area (Å²) >= 11 is 0. The third-order valence-electron chi connectivity index (χ3n) is 8.24. The van der Waals surface area contributed by atoms with Gasteiger partial charge >= 0.3 is 0 Å². The van der Waals surface area contributed by atoms with Gasteiger partial charge in [0.25, 0.3) is 0 Å². The zero-order valence-corrected chi connectivity index (χ0v) is 28.0. The van der Waals surface area contributed by atoms with Crippen molar-refractivity contribution < 1.29 is 4.79 Å². The van der Waals surface area contributed by atoms with Crippen LogP contribution in [0.1, 0.15) is 200 Å². The van der Waals surface area contributed by atoms with Crippen LogP contribution in [0.3, 0.4) is 0 Å². The molecule has 0 heterocycles. The normalized spacial score (nSPS) is 12.9. The van der Waals surface area contributed by atoms with Crippen LogP contribution < -0.4 is 5.73 Å². The number of rotatable bonds is 33. The SMILES string of the molecule is CCCCCC/C=C\CCCCCCCCC(N)CCCCCCCC/C=C\C/C=C\CCCCCC(=O)CCC. The van der Waals surface area contributed by atoms with E-state index in [9.17, 15) is 4.79 Å². The molecule has 0 aromatic rings. The first-order valence-corrected chi connectivity index (χ1v) is 18.4. The molecule has 0 saturated heterocycles. The van der Waals surface area contributed by atoms with E-state index in [2.05, 4.69) is 50.3 Å². The van der Waals surface area contributed by atoms with Crippen molar-refractivity contribution in [3.63, 3.8) is 0 Å². The van der Waals surface area contributed by atoms with Crippen LogP contribution in [0.2, 0.25) is 0 Å². The number of ketones is 1. The largest absolute Gasteiger partial charge is 0.328 e. The molecule has 0 amide bonds. The van der Waals surface area contributed by atoms with Crippen molar-refractivity contribution in [2.75, 3.05) is 0 Å². The number of hydrogen-bond donors (Lipinski definition) is 1. The highest BCUT2D eigenvalue weighted by Gasteiger charge is 2.02. The van der Waals surface area contributed by atoms with Crippen molar-refractivity contribution in [2.24, 2.45) is 5.73 Å². The van der Waals surface area contributed by atoms with Gasteiger partial charge in [-0.05, 0) is 83.5 Å². The number of unbranched alkanes of at least 4 members (excludes halogenated alkanes) is 19. The number of carbonyl (C=O) groups is 1. The summed E-state index contributed by atoms with van der Waals surface area (Å²) in [6.07, 6.45) is 50.4. The van der Waals surface area contributed by atoms with Crippen LogP contribution >= 0.6 is 0 Å². The zero-order valence-electron chi connectivity index (χ0n) is 28.0. The molecular weight excluding hydrogens is 498 g/mol. The van der Waals surface area contributed by atoms with Crippen LogP contribution in [-0.2, 0) is 4.79 Å². The van der Waals surface area contributed by atoms with Gasteiger partial charge in [-0.15, -0.1) is 0 Å². The minimum absolute atomic E-state index is 0.429. The minimum atomic E-state index is 0.429. The Bertz CT molecular complexity index is 605. The third kappa shape index (κ3) is 35.0. The summed E-state index contributed by atoms with van der Waals surface area (Å²) in [6, 6.07) is 0.429. The summed E-state index contributed by atoms with van der Waals surface area (Å²) < 4.78 is 0. The monoisotopic (exact) mass is 572 g/mol. The molecular formula is C39H73NO. The molecule has 0 aromatic carbocycles. The number of nitrogens with two attached hydrogens (primary N) is 1. The molecule has 2 nitrogen and oxygen atoms in total. The molecule has 240 valence electrons. The molecule has 0 fully saturated rings. The number of hydrogen-bond acceptors (Lipinski definition) is 2. The minimum Gasteiger partial charge on any atom is -0.328 e. The highest BCUT2D eigenvalue weighted by atomic mass is 16.1. The Hall–Kier alpha value is -1.15. The van der Waals surface area contributed by atoms with Gasteiger partial charge in [-0.25, -0.2) is 0 Å². The van der Waals surface area contributed by atoms with Crippen molar-refractivity contribution >= 4 is 5.78 Å². The van der Waals surface area contributed by atoms with E-state index in [-0.39, 0.29) is 0 Å². The van der Waals surface area contributed by atoms with Gasteiger partial charge in [-0.3, -0.25) is 4.79 Å². The molecule has 0 aliphatic rings. The van der Waals surface area contributed by atoms with Gasteiger partial charge in [-0.1, -0.05) is 140 Å². The van der Waals surface area contributed by atoms with Gasteiger partial charge in [0.15, 0.2) is 0 Å². The predicted octanol–water partition coefficient (Wildman–Crippen LogP) is 12.9. The van der Waals surface area contributed by atoms with Crippen molar-refractivity contribution in [1.29, 1.82) is 0 Å². The Kier molecular flexibility index (Phi) is 34.1.